The molecule has 0 bridgehead atoms. The second-order valence-electron chi connectivity index (χ2n) is 4.44. The molecule has 0 unspecified atom stereocenters. The van der Waals surface area contributed by atoms with Crippen LogP contribution in [0.3, 0.4) is 0 Å². The lowest BCUT2D eigenvalue weighted by molar-refractivity contribution is -0.144. The lowest BCUT2D eigenvalue weighted by atomic mass is 10.1. The van der Waals surface area contributed by atoms with Gasteiger partial charge in [-0.05, 0) is 38.2 Å². The summed E-state index contributed by atoms with van der Waals surface area (Å²) in [4.78, 5) is 34.1. The molecule has 0 aliphatic rings. The van der Waals surface area contributed by atoms with Gasteiger partial charge in [0.2, 0.25) is 5.91 Å². The Morgan fingerprint density at radius 1 is 1.23 bits per heavy atom. The Balaban J connectivity index is 2.45. The van der Waals surface area contributed by atoms with E-state index in [1.807, 2.05) is 0 Å². The van der Waals surface area contributed by atoms with E-state index in [9.17, 15) is 14.4 Å². The number of ether oxygens (including phenoxy) is 1. The molecule has 0 aliphatic heterocycles. The van der Waals surface area contributed by atoms with Crippen LogP contribution in [0.4, 0.5) is 5.69 Å². The number of rotatable bonds is 6. The molecule has 1 rings (SSSR count). The number of nitrogens with one attached hydrogen (secondary N) is 2. The van der Waals surface area contributed by atoms with Gasteiger partial charge >= 0.3 is 5.97 Å². The number of benzene rings is 1. The predicted octanol–water partition coefficient (Wildman–Crippen LogP) is 2.05. The molecule has 0 atom stereocenters. The van der Waals surface area contributed by atoms with Gasteiger partial charge in [-0.3, -0.25) is 14.4 Å². The molecule has 0 saturated carbocycles. The van der Waals surface area contributed by atoms with Crippen LogP contribution in [-0.2, 0) is 14.3 Å². The van der Waals surface area contributed by atoms with Crippen LogP contribution in [0.15, 0.2) is 24.3 Å². The molecule has 0 spiro atoms. The lowest BCUT2D eigenvalue weighted by Crippen LogP contribution is -2.34. The monoisotopic (exact) mass is 322 g/mol. The highest BCUT2D eigenvalue weighted by Gasteiger charge is 2.09. The maximum atomic E-state index is 11.6. The van der Waals surface area contributed by atoms with Gasteiger partial charge in [0.15, 0.2) is 10.9 Å². The molecule has 118 valence electrons. The van der Waals surface area contributed by atoms with Crippen LogP contribution in [0, 0.1) is 0 Å². The fourth-order valence-electron chi connectivity index (χ4n) is 1.62. The van der Waals surface area contributed by atoms with Gasteiger partial charge in [-0.25, -0.2) is 0 Å². The van der Waals surface area contributed by atoms with Crippen molar-refractivity contribution in [3.05, 3.63) is 29.8 Å². The van der Waals surface area contributed by atoms with Crippen molar-refractivity contribution in [1.29, 1.82) is 0 Å². The predicted molar refractivity (Wildman–Crippen MR) is 86.7 cm³/mol. The first-order valence-corrected chi connectivity index (χ1v) is 7.20. The fraction of sp³-hybridized carbons (Fsp3) is 0.333. The van der Waals surface area contributed by atoms with Gasteiger partial charge in [-0.15, -0.1) is 0 Å². The summed E-state index contributed by atoms with van der Waals surface area (Å²) in [6.45, 7) is 3.45. The Morgan fingerprint density at radius 2 is 1.95 bits per heavy atom. The van der Waals surface area contributed by atoms with Crippen molar-refractivity contribution in [3.63, 3.8) is 0 Å². The third-order valence-corrected chi connectivity index (χ3v) is 2.85. The van der Waals surface area contributed by atoms with Crippen molar-refractivity contribution >= 4 is 40.7 Å². The van der Waals surface area contributed by atoms with Crippen LogP contribution < -0.4 is 10.6 Å². The van der Waals surface area contributed by atoms with E-state index < -0.39 is 5.97 Å². The average Bonchev–Trinajstić information content (AvgIpc) is 2.45. The average molecular weight is 322 g/mol. The van der Waals surface area contributed by atoms with Gasteiger partial charge in [-0.2, -0.15) is 0 Å². The van der Waals surface area contributed by atoms with Crippen LogP contribution in [0.1, 0.15) is 37.0 Å². The van der Waals surface area contributed by atoms with E-state index in [0.29, 0.717) is 11.3 Å². The maximum absolute atomic E-state index is 11.6. The summed E-state index contributed by atoms with van der Waals surface area (Å²) in [7, 11) is 0. The van der Waals surface area contributed by atoms with E-state index in [-0.39, 0.29) is 36.3 Å². The maximum Gasteiger partial charge on any atom is 0.306 e. The minimum atomic E-state index is -0.425. The Hall–Kier alpha value is -2.28. The summed E-state index contributed by atoms with van der Waals surface area (Å²) < 4.78 is 4.73. The summed E-state index contributed by atoms with van der Waals surface area (Å²) in [6.07, 6.45) is -0.00372. The number of Topliss-reactive ketones (excluding diaryl/α,β-unsaturated/α-hetero) is 1. The van der Waals surface area contributed by atoms with Gasteiger partial charge < -0.3 is 15.4 Å². The fourth-order valence-corrected chi connectivity index (χ4v) is 1.85. The van der Waals surface area contributed by atoms with E-state index in [1.165, 1.54) is 6.92 Å². The molecular weight excluding hydrogens is 304 g/mol. The van der Waals surface area contributed by atoms with E-state index in [0.717, 1.165) is 0 Å². The number of carbonyl (C=O) groups is 3. The van der Waals surface area contributed by atoms with Gasteiger partial charge in [0.05, 0.1) is 13.0 Å². The third kappa shape index (κ3) is 6.45. The molecule has 6 nitrogen and oxygen atoms in total. The van der Waals surface area contributed by atoms with Crippen molar-refractivity contribution in [1.82, 2.24) is 5.32 Å². The molecule has 0 aromatic heterocycles. The summed E-state index contributed by atoms with van der Waals surface area (Å²) in [5.41, 5.74) is 1.14. The topological polar surface area (TPSA) is 84.5 Å². The summed E-state index contributed by atoms with van der Waals surface area (Å²) >= 11 is 5.01. The molecule has 22 heavy (non-hydrogen) atoms. The highest BCUT2D eigenvalue weighted by molar-refractivity contribution is 7.80. The van der Waals surface area contributed by atoms with Crippen molar-refractivity contribution in [2.24, 2.45) is 0 Å². The van der Waals surface area contributed by atoms with Crippen LogP contribution in [0.5, 0.6) is 0 Å². The van der Waals surface area contributed by atoms with Crippen molar-refractivity contribution in [2.75, 3.05) is 11.9 Å². The van der Waals surface area contributed by atoms with Crippen LogP contribution in [0.2, 0.25) is 0 Å². The van der Waals surface area contributed by atoms with Gasteiger partial charge in [0.25, 0.3) is 0 Å². The minimum Gasteiger partial charge on any atom is -0.466 e. The number of thiocarbonyl (C=S) groups is 1. The molecular formula is C15H18N2O4S. The number of carbonyl (C=O) groups excluding carboxylic acids is 3. The zero-order valence-electron chi connectivity index (χ0n) is 12.5. The van der Waals surface area contributed by atoms with Crippen molar-refractivity contribution < 1.29 is 19.1 Å². The molecule has 1 amide bonds. The highest BCUT2D eigenvalue weighted by atomic mass is 32.1. The summed E-state index contributed by atoms with van der Waals surface area (Å²) in [5, 5.41) is 5.38. The Labute approximate surface area is 134 Å². The molecule has 2 N–H and O–H groups in total. The zero-order chi connectivity index (χ0) is 16.5. The van der Waals surface area contributed by atoms with Gasteiger partial charge in [0.1, 0.15) is 0 Å². The Kier molecular flexibility index (Phi) is 7.18. The van der Waals surface area contributed by atoms with Crippen LogP contribution in [-0.4, -0.2) is 29.4 Å². The van der Waals surface area contributed by atoms with Crippen molar-refractivity contribution in [3.8, 4) is 0 Å². The number of hydrogen-bond donors (Lipinski definition) is 2. The molecule has 0 heterocycles. The van der Waals surface area contributed by atoms with Gasteiger partial charge in [0, 0.05) is 17.7 Å². The van der Waals surface area contributed by atoms with E-state index >= 15 is 0 Å². The zero-order valence-corrected chi connectivity index (χ0v) is 13.3. The molecule has 0 aliphatic carbocycles. The van der Waals surface area contributed by atoms with Crippen LogP contribution >= 0.6 is 12.2 Å². The van der Waals surface area contributed by atoms with Crippen LogP contribution in [0.25, 0.3) is 0 Å². The van der Waals surface area contributed by atoms with E-state index in [4.69, 9.17) is 17.0 Å². The standard InChI is InChI=1S/C15H18N2O4S/c1-3-21-14(20)8-7-13(19)17-15(22)16-12-6-4-5-11(9-12)10(2)18/h4-6,9H,3,7-8H2,1-2H3,(H2,16,17,19,22). The number of anilines is 1. The number of esters is 1. The number of hydrogen-bond acceptors (Lipinski definition) is 5. The van der Waals surface area contributed by atoms with Crippen molar-refractivity contribution in [2.45, 2.75) is 26.7 Å². The molecule has 1 aromatic carbocycles. The second-order valence-corrected chi connectivity index (χ2v) is 4.85. The third-order valence-electron chi connectivity index (χ3n) is 2.64. The summed E-state index contributed by atoms with van der Waals surface area (Å²) in [5.74, 6) is -0.869. The second kappa shape index (κ2) is 8.89. The molecule has 1 aromatic rings. The number of ketones is 1. The smallest absolute Gasteiger partial charge is 0.306 e. The summed E-state index contributed by atoms with van der Waals surface area (Å²) in [6, 6.07) is 6.77. The normalized spacial score (nSPS) is 9.73. The highest BCUT2D eigenvalue weighted by Crippen LogP contribution is 2.11. The molecule has 0 saturated heterocycles. The quantitative estimate of drug-likeness (QED) is 0.474. The molecule has 7 heteroatoms. The molecule has 0 radical (unpaired) electrons. The van der Waals surface area contributed by atoms with Gasteiger partial charge in [-0.1, -0.05) is 12.1 Å². The SMILES string of the molecule is CCOC(=O)CCC(=O)NC(=S)Nc1cccc(C(C)=O)c1. The largest absolute Gasteiger partial charge is 0.466 e. The van der Waals surface area contributed by atoms with E-state index in [1.54, 1.807) is 31.2 Å². The lowest BCUT2D eigenvalue weighted by Gasteiger charge is -2.10. The first kappa shape index (κ1) is 17.8. The first-order chi connectivity index (χ1) is 10.4. The first-order valence-electron chi connectivity index (χ1n) is 6.79. The number of amides is 1. The Morgan fingerprint density at radius 3 is 2.59 bits per heavy atom. The Bertz CT molecular complexity index is 587. The van der Waals surface area contributed by atoms with E-state index in [2.05, 4.69) is 10.6 Å². The minimum absolute atomic E-state index is 0.00209. The molecule has 0 fully saturated rings.